The van der Waals surface area contributed by atoms with Crippen LogP contribution in [-0.2, 0) is 4.74 Å². The highest BCUT2D eigenvalue weighted by molar-refractivity contribution is 5.93. The predicted molar refractivity (Wildman–Crippen MR) is 45.0 cm³/mol. The summed E-state index contributed by atoms with van der Waals surface area (Å²) in [7, 11) is 1.27. The number of ether oxygens (including phenoxy) is 1. The SMILES string of the molecule is COC(=O)c1c(C#N)ccnc1C. The molecule has 1 aromatic heterocycles. The lowest BCUT2D eigenvalue weighted by atomic mass is 10.1. The molecule has 0 aliphatic carbocycles. The number of nitrogens with zero attached hydrogens (tertiary/aromatic N) is 2. The first-order chi connectivity index (χ1) is 6.20. The lowest BCUT2D eigenvalue weighted by molar-refractivity contribution is 0.0599. The Bertz CT molecular complexity index is 380. The molecule has 0 unspecified atom stereocenters. The Morgan fingerprint density at radius 2 is 2.38 bits per heavy atom. The summed E-state index contributed by atoms with van der Waals surface area (Å²) in [5.41, 5.74) is 1.04. The molecule has 0 saturated heterocycles. The number of methoxy groups -OCH3 is 1. The highest BCUT2D eigenvalue weighted by Crippen LogP contribution is 2.11. The van der Waals surface area contributed by atoms with Crippen molar-refractivity contribution in [3.63, 3.8) is 0 Å². The Morgan fingerprint density at radius 1 is 1.69 bits per heavy atom. The van der Waals surface area contributed by atoms with Gasteiger partial charge in [-0.2, -0.15) is 5.26 Å². The van der Waals surface area contributed by atoms with Crippen LogP contribution in [0.5, 0.6) is 0 Å². The Balaban J connectivity index is 3.33. The summed E-state index contributed by atoms with van der Waals surface area (Å²) < 4.78 is 4.53. The number of carbonyl (C=O) groups is 1. The van der Waals surface area contributed by atoms with Crippen LogP contribution in [0.2, 0.25) is 0 Å². The van der Waals surface area contributed by atoms with E-state index < -0.39 is 5.97 Å². The molecule has 0 spiro atoms. The zero-order valence-electron chi connectivity index (χ0n) is 7.37. The van der Waals surface area contributed by atoms with E-state index in [-0.39, 0.29) is 5.56 Å². The van der Waals surface area contributed by atoms with Gasteiger partial charge in [0.2, 0.25) is 0 Å². The zero-order valence-corrected chi connectivity index (χ0v) is 7.37. The minimum atomic E-state index is -0.526. The summed E-state index contributed by atoms with van der Waals surface area (Å²) >= 11 is 0. The molecule has 0 radical (unpaired) electrons. The average Bonchev–Trinajstić information content (AvgIpc) is 2.16. The van der Waals surface area contributed by atoms with Gasteiger partial charge in [0.05, 0.1) is 23.9 Å². The number of carbonyl (C=O) groups excluding carboxylic acids is 1. The van der Waals surface area contributed by atoms with Crippen LogP contribution >= 0.6 is 0 Å². The summed E-state index contributed by atoms with van der Waals surface area (Å²) in [6, 6.07) is 3.40. The van der Waals surface area contributed by atoms with Gasteiger partial charge < -0.3 is 4.74 Å². The molecule has 1 aromatic rings. The monoisotopic (exact) mass is 176 g/mol. The van der Waals surface area contributed by atoms with E-state index in [4.69, 9.17) is 5.26 Å². The molecule has 4 heteroatoms. The molecule has 0 atom stereocenters. The van der Waals surface area contributed by atoms with Crippen molar-refractivity contribution in [2.24, 2.45) is 0 Å². The number of aromatic nitrogens is 1. The maximum atomic E-state index is 11.2. The van der Waals surface area contributed by atoms with Crippen LogP contribution in [-0.4, -0.2) is 18.1 Å². The second-order valence-electron chi connectivity index (χ2n) is 2.42. The third kappa shape index (κ3) is 1.64. The van der Waals surface area contributed by atoms with Crippen molar-refractivity contribution in [2.75, 3.05) is 7.11 Å². The normalized spacial score (nSPS) is 9.00. The smallest absolute Gasteiger partial charge is 0.341 e. The summed E-state index contributed by atoms with van der Waals surface area (Å²) in [6.45, 7) is 1.66. The van der Waals surface area contributed by atoms with Crippen LogP contribution < -0.4 is 0 Å². The zero-order chi connectivity index (χ0) is 9.84. The van der Waals surface area contributed by atoms with Gasteiger partial charge in [0.1, 0.15) is 6.07 Å². The Labute approximate surface area is 75.8 Å². The number of nitriles is 1. The molecular weight excluding hydrogens is 168 g/mol. The van der Waals surface area contributed by atoms with Crippen LogP contribution in [0.25, 0.3) is 0 Å². The maximum absolute atomic E-state index is 11.2. The van der Waals surface area contributed by atoms with Crippen molar-refractivity contribution in [2.45, 2.75) is 6.92 Å². The van der Waals surface area contributed by atoms with Crippen molar-refractivity contribution in [3.05, 3.63) is 29.1 Å². The Morgan fingerprint density at radius 3 is 2.92 bits per heavy atom. The fraction of sp³-hybridized carbons (Fsp3) is 0.222. The van der Waals surface area contributed by atoms with Gasteiger partial charge in [-0.25, -0.2) is 4.79 Å². The Hall–Kier alpha value is -1.89. The van der Waals surface area contributed by atoms with Gasteiger partial charge in [-0.1, -0.05) is 0 Å². The number of rotatable bonds is 1. The second-order valence-corrected chi connectivity index (χ2v) is 2.42. The van der Waals surface area contributed by atoms with E-state index >= 15 is 0 Å². The van der Waals surface area contributed by atoms with Crippen molar-refractivity contribution in [3.8, 4) is 6.07 Å². The van der Waals surface area contributed by atoms with Gasteiger partial charge in [-0.15, -0.1) is 0 Å². The van der Waals surface area contributed by atoms with Crippen molar-refractivity contribution < 1.29 is 9.53 Å². The first kappa shape index (κ1) is 9.20. The van der Waals surface area contributed by atoms with Crippen LogP contribution in [0.15, 0.2) is 12.3 Å². The highest BCUT2D eigenvalue weighted by Gasteiger charge is 2.14. The van der Waals surface area contributed by atoms with Crippen LogP contribution in [0.1, 0.15) is 21.6 Å². The molecule has 1 heterocycles. The largest absolute Gasteiger partial charge is 0.465 e. The highest BCUT2D eigenvalue weighted by atomic mass is 16.5. The molecule has 0 amide bonds. The molecule has 0 saturated carbocycles. The van der Waals surface area contributed by atoms with Gasteiger partial charge in [-0.05, 0) is 13.0 Å². The molecule has 0 aliphatic rings. The number of pyridine rings is 1. The summed E-state index contributed by atoms with van der Waals surface area (Å²) in [6.07, 6.45) is 1.49. The van der Waals surface area contributed by atoms with Gasteiger partial charge in [-0.3, -0.25) is 4.98 Å². The number of aryl methyl sites for hydroxylation is 1. The van der Waals surface area contributed by atoms with E-state index in [1.807, 2.05) is 6.07 Å². The fourth-order valence-electron chi connectivity index (χ4n) is 1.02. The molecule has 0 aliphatic heterocycles. The number of hydrogen-bond acceptors (Lipinski definition) is 4. The van der Waals surface area contributed by atoms with Crippen LogP contribution in [0.3, 0.4) is 0 Å². The fourth-order valence-corrected chi connectivity index (χ4v) is 1.02. The molecule has 0 fully saturated rings. The third-order valence-electron chi connectivity index (χ3n) is 1.65. The van der Waals surface area contributed by atoms with E-state index in [0.29, 0.717) is 11.3 Å². The summed E-state index contributed by atoms with van der Waals surface area (Å²) in [4.78, 5) is 15.1. The molecule has 66 valence electrons. The lowest BCUT2D eigenvalue weighted by Crippen LogP contribution is -2.07. The maximum Gasteiger partial charge on any atom is 0.341 e. The van der Waals surface area contributed by atoms with E-state index in [1.165, 1.54) is 19.4 Å². The van der Waals surface area contributed by atoms with Crippen LogP contribution in [0, 0.1) is 18.3 Å². The first-order valence-electron chi connectivity index (χ1n) is 3.64. The molecule has 1 rings (SSSR count). The molecule has 0 bridgehead atoms. The Kier molecular flexibility index (Phi) is 2.60. The van der Waals surface area contributed by atoms with Crippen LogP contribution in [0.4, 0.5) is 0 Å². The summed E-state index contributed by atoms with van der Waals surface area (Å²) in [5, 5.41) is 8.70. The van der Waals surface area contributed by atoms with E-state index in [0.717, 1.165) is 0 Å². The molecule has 4 nitrogen and oxygen atoms in total. The standard InChI is InChI=1S/C9H8N2O2/c1-6-8(9(12)13-2)7(5-10)3-4-11-6/h3-4H,1-2H3. The first-order valence-corrected chi connectivity index (χ1v) is 3.64. The van der Waals surface area contributed by atoms with Gasteiger partial charge >= 0.3 is 5.97 Å². The lowest BCUT2D eigenvalue weighted by Gasteiger charge is -2.03. The van der Waals surface area contributed by atoms with E-state index in [1.54, 1.807) is 6.92 Å². The van der Waals surface area contributed by atoms with Gasteiger partial charge in [0, 0.05) is 6.20 Å². The number of esters is 1. The van der Waals surface area contributed by atoms with E-state index in [2.05, 4.69) is 9.72 Å². The average molecular weight is 176 g/mol. The molecule has 0 aromatic carbocycles. The van der Waals surface area contributed by atoms with E-state index in [9.17, 15) is 4.79 Å². The number of hydrogen-bond donors (Lipinski definition) is 0. The molecule has 0 N–H and O–H groups in total. The van der Waals surface area contributed by atoms with Crippen molar-refractivity contribution >= 4 is 5.97 Å². The summed E-state index contributed by atoms with van der Waals surface area (Å²) in [5.74, 6) is -0.526. The van der Waals surface area contributed by atoms with Gasteiger partial charge in [0.25, 0.3) is 0 Å². The van der Waals surface area contributed by atoms with Crippen molar-refractivity contribution in [1.29, 1.82) is 5.26 Å². The quantitative estimate of drug-likeness (QED) is 0.600. The molecule has 13 heavy (non-hydrogen) atoms. The third-order valence-corrected chi connectivity index (χ3v) is 1.65. The molecular formula is C9H8N2O2. The van der Waals surface area contributed by atoms with Gasteiger partial charge in [0.15, 0.2) is 0 Å². The predicted octanol–water partition coefficient (Wildman–Crippen LogP) is 1.05. The van der Waals surface area contributed by atoms with Crippen molar-refractivity contribution in [1.82, 2.24) is 4.98 Å². The second kappa shape index (κ2) is 3.68. The minimum Gasteiger partial charge on any atom is -0.465 e. The minimum absolute atomic E-state index is 0.243. The topological polar surface area (TPSA) is 63.0 Å².